The Kier molecular flexibility index (Phi) is 5.81. The lowest BCUT2D eigenvalue weighted by molar-refractivity contribution is -0.150. The van der Waals surface area contributed by atoms with Gasteiger partial charge in [-0.1, -0.05) is 19.1 Å². The van der Waals surface area contributed by atoms with Gasteiger partial charge in [0.05, 0.1) is 12.8 Å². The van der Waals surface area contributed by atoms with Crippen molar-refractivity contribution in [3.05, 3.63) is 24.3 Å². The number of carbonyl (C=O) groups is 4. The molecule has 0 aromatic heterocycles. The Balaban J connectivity index is 1.86. The fourth-order valence-electron chi connectivity index (χ4n) is 2.39. The molecule has 1 aliphatic rings. The van der Waals surface area contributed by atoms with Crippen molar-refractivity contribution < 1.29 is 28.7 Å². The van der Waals surface area contributed by atoms with E-state index >= 15 is 0 Å². The average Bonchev–Trinajstić information content (AvgIpc) is 2.84. The molecule has 0 spiro atoms. The number of esters is 1. The molecule has 140 valence electrons. The molecule has 1 atom stereocenters. The highest BCUT2D eigenvalue weighted by Crippen LogP contribution is 2.23. The zero-order chi connectivity index (χ0) is 19.3. The van der Waals surface area contributed by atoms with Crippen molar-refractivity contribution >= 4 is 29.5 Å². The Morgan fingerprint density at radius 1 is 1.27 bits per heavy atom. The third kappa shape index (κ3) is 4.11. The highest BCUT2D eigenvalue weighted by molar-refractivity contribution is 6.08. The number of methoxy groups -OCH3 is 1. The van der Waals surface area contributed by atoms with Crippen molar-refractivity contribution in [2.45, 2.75) is 25.8 Å². The van der Waals surface area contributed by atoms with Gasteiger partial charge in [0, 0.05) is 0 Å². The van der Waals surface area contributed by atoms with E-state index in [2.05, 4.69) is 10.6 Å². The van der Waals surface area contributed by atoms with Gasteiger partial charge in [0.25, 0.3) is 11.8 Å². The number of para-hydroxylation sites is 2. The van der Waals surface area contributed by atoms with E-state index in [0.717, 1.165) is 4.90 Å². The lowest BCUT2D eigenvalue weighted by Crippen LogP contribution is -2.43. The van der Waals surface area contributed by atoms with Crippen LogP contribution in [0, 0.1) is 0 Å². The molecule has 2 N–H and O–H groups in total. The molecule has 4 amide bonds. The van der Waals surface area contributed by atoms with E-state index in [0.29, 0.717) is 17.9 Å². The van der Waals surface area contributed by atoms with Crippen LogP contribution in [0.1, 0.15) is 20.3 Å². The fraction of sp³-hybridized carbons (Fsp3) is 0.412. The minimum atomic E-state index is -1.03. The van der Waals surface area contributed by atoms with Gasteiger partial charge in [-0.05, 0) is 25.5 Å². The molecule has 1 fully saturated rings. The predicted molar refractivity (Wildman–Crippen MR) is 91.5 cm³/mol. The van der Waals surface area contributed by atoms with Crippen LogP contribution in [0.4, 0.5) is 10.5 Å². The molecule has 1 aromatic rings. The third-order valence-corrected chi connectivity index (χ3v) is 4.08. The second-order valence-electron chi connectivity index (χ2n) is 5.92. The standard InChI is InChI=1S/C17H21N3O6/c1-4-17(2)15(23)20(16(24)19-17)9-14(22)26-10-13(21)18-11-7-5-6-8-12(11)25-3/h5-8H,4,9-10H2,1-3H3,(H,18,21)(H,19,24)/t17-/m1/s1. The second-order valence-corrected chi connectivity index (χ2v) is 5.92. The summed E-state index contributed by atoms with van der Waals surface area (Å²) >= 11 is 0. The number of ether oxygens (including phenoxy) is 2. The van der Waals surface area contributed by atoms with Crippen molar-refractivity contribution in [2.75, 3.05) is 25.6 Å². The van der Waals surface area contributed by atoms with E-state index in [4.69, 9.17) is 9.47 Å². The summed E-state index contributed by atoms with van der Waals surface area (Å²) in [4.78, 5) is 48.6. The first-order valence-corrected chi connectivity index (χ1v) is 8.03. The SMILES string of the molecule is CC[C@@]1(C)NC(=O)N(CC(=O)OCC(=O)Nc2ccccc2OC)C1=O. The maximum Gasteiger partial charge on any atom is 0.326 e. The molecule has 1 aromatic carbocycles. The highest BCUT2D eigenvalue weighted by Gasteiger charge is 2.47. The first kappa shape index (κ1) is 19.2. The average molecular weight is 363 g/mol. The number of anilines is 1. The largest absolute Gasteiger partial charge is 0.495 e. The molecular weight excluding hydrogens is 342 g/mol. The first-order valence-electron chi connectivity index (χ1n) is 8.03. The van der Waals surface area contributed by atoms with Crippen LogP contribution in [0.2, 0.25) is 0 Å². The fourth-order valence-corrected chi connectivity index (χ4v) is 2.39. The number of imide groups is 1. The number of hydrogen-bond acceptors (Lipinski definition) is 6. The van der Waals surface area contributed by atoms with Crippen molar-refractivity contribution in [3.63, 3.8) is 0 Å². The minimum Gasteiger partial charge on any atom is -0.495 e. The first-order chi connectivity index (χ1) is 12.3. The molecule has 2 rings (SSSR count). The zero-order valence-electron chi connectivity index (χ0n) is 14.8. The number of nitrogens with zero attached hydrogens (tertiary/aromatic N) is 1. The van der Waals surface area contributed by atoms with Gasteiger partial charge in [-0.2, -0.15) is 0 Å². The van der Waals surface area contributed by atoms with E-state index in [1.54, 1.807) is 38.1 Å². The number of rotatable bonds is 7. The summed E-state index contributed by atoms with van der Waals surface area (Å²) in [6.07, 6.45) is 0.393. The van der Waals surface area contributed by atoms with Gasteiger partial charge in [0.2, 0.25) is 0 Å². The van der Waals surface area contributed by atoms with Crippen LogP contribution in [0.3, 0.4) is 0 Å². The van der Waals surface area contributed by atoms with Gasteiger partial charge in [0.15, 0.2) is 6.61 Å². The normalized spacial score (nSPS) is 19.1. The van der Waals surface area contributed by atoms with Crippen molar-refractivity contribution in [2.24, 2.45) is 0 Å². The molecule has 1 heterocycles. The minimum absolute atomic E-state index is 0.393. The Bertz CT molecular complexity index is 735. The van der Waals surface area contributed by atoms with E-state index in [-0.39, 0.29) is 0 Å². The summed E-state index contributed by atoms with van der Waals surface area (Å²) in [7, 11) is 1.47. The maximum absolute atomic E-state index is 12.2. The summed E-state index contributed by atoms with van der Waals surface area (Å²) in [6, 6.07) is 6.11. The maximum atomic E-state index is 12.2. The molecule has 0 radical (unpaired) electrons. The summed E-state index contributed by atoms with van der Waals surface area (Å²) < 4.78 is 9.95. The zero-order valence-corrected chi connectivity index (χ0v) is 14.8. The highest BCUT2D eigenvalue weighted by atomic mass is 16.5. The van der Waals surface area contributed by atoms with Crippen LogP contribution < -0.4 is 15.4 Å². The third-order valence-electron chi connectivity index (χ3n) is 4.08. The van der Waals surface area contributed by atoms with Crippen molar-refractivity contribution in [3.8, 4) is 5.75 Å². The number of urea groups is 1. The molecular formula is C17H21N3O6. The van der Waals surface area contributed by atoms with E-state index in [1.165, 1.54) is 7.11 Å². The topological polar surface area (TPSA) is 114 Å². The monoisotopic (exact) mass is 363 g/mol. The van der Waals surface area contributed by atoms with Crippen LogP contribution in [0.25, 0.3) is 0 Å². The Labute approximate surface area is 150 Å². The number of benzene rings is 1. The summed E-state index contributed by atoms with van der Waals surface area (Å²) in [6.45, 7) is 2.23. The molecule has 9 heteroatoms. The van der Waals surface area contributed by atoms with E-state index < -0.39 is 42.5 Å². The van der Waals surface area contributed by atoms with Gasteiger partial charge in [-0.25, -0.2) is 4.79 Å². The molecule has 0 unspecified atom stereocenters. The summed E-state index contributed by atoms with van der Waals surface area (Å²) in [5.74, 6) is -1.46. The van der Waals surface area contributed by atoms with Gasteiger partial charge < -0.3 is 20.1 Å². The molecule has 26 heavy (non-hydrogen) atoms. The van der Waals surface area contributed by atoms with Gasteiger partial charge in [-0.15, -0.1) is 0 Å². The number of amides is 4. The molecule has 0 aliphatic carbocycles. The van der Waals surface area contributed by atoms with Gasteiger partial charge in [0.1, 0.15) is 17.8 Å². The van der Waals surface area contributed by atoms with Crippen LogP contribution in [0.5, 0.6) is 5.75 Å². The smallest absolute Gasteiger partial charge is 0.326 e. The van der Waals surface area contributed by atoms with Crippen LogP contribution in [0.15, 0.2) is 24.3 Å². The van der Waals surface area contributed by atoms with Crippen LogP contribution in [-0.4, -0.2) is 54.5 Å². The summed E-state index contributed by atoms with van der Waals surface area (Å²) in [5.41, 5.74) is -0.595. The lowest BCUT2D eigenvalue weighted by Gasteiger charge is -2.18. The Morgan fingerprint density at radius 2 is 1.96 bits per heavy atom. The number of carbonyl (C=O) groups excluding carboxylic acids is 4. The van der Waals surface area contributed by atoms with Gasteiger partial charge in [-0.3, -0.25) is 19.3 Å². The molecule has 1 saturated heterocycles. The van der Waals surface area contributed by atoms with Crippen molar-refractivity contribution in [1.29, 1.82) is 0 Å². The molecule has 0 saturated carbocycles. The quantitative estimate of drug-likeness (QED) is 0.549. The van der Waals surface area contributed by atoms with Crippen LogP contribution in [-0.2, 0) is 19.1 Å². The lowest BCUT2D eigenvalue weighted by atomic mass is 9.99. The second kappa shape index (κ2) is 7.85. The van der Waals surface area contributed by atoms with E-state index in [1.807, 2.05) is 0 Å². The molecule has 0 bridgehead atoms. The van der Waals surface area contributed by atoms with Crippen LogP contribution >= 0.6 is 0 Å². The Hall–Kier alpha value is -3.10. The molecule has 1 aliphatic heterocycles. The number of hydrogen-bond donors (Lipinski definition) is 2. The van der Waals surface area contributed by atoms with E-state index in [9.17, 15) is 19.2 Å². The molecule has 9 nitrogen and oxygen atoms in total. The number of nitrogens with one attached hydrogen (secondary N) is 2. The predicted octanol–water partition coefficient (Wildman–Crippen LogP) is 0.897. The van der Waals surface area contributed by atoms with Crippen molar-refractivity contribution in [1.82, 2.24) is 10.2 Å². The summed E-state index contributed by atoms with van der Waals surface area (Å²) in [5, 5.41) is 5.08. The Morgan fingerprint density at radius 3 is 2.58 bits per heavy atom. The van der Waals surface area contributed by atoms with Gasteiger partial charge >= 0.3 is 12.0 Å².